The lowest BCUT2D eigenvalue weighted by molar-refractivity contribution is -0.743. The zero-order valence-corrected chi connectivity index (χ0v) is 31.4. The highest BCUT2D eigenvalue weighted by atomic mass is 15.2. The van der Waals surface area contributed by atoms with E-state index in [4.69, 9.17) is 0 Å². The second kappa shape index (κ2) is 9.59. The number of nitrogens with zero attached hydrogens (tertiary/aromatic N) is 2. The van der Waals surface area contributed by atoms with E-state index in [1.807, 2.05) is 0 Å². The van der Waals surface area contributed by atoms with Crippen molar-refractivity contribution >= 4 is 27.3 Å². The van der Waals surface area contributed by atoms with Gasteiger partial charge in [0, 0.05) is 22.8 Å². The van der Waals surface area contributed by atoms with Gasteiger partial charge >= 0.3 is 0 Å². The van der Waals surface area contributed by atoms with Crippen molar-refractivity contribution in [2.75, 3.05) is 0 Å². The number of fused-ring (bicyclic) bond motifs is 7. The van der Waals surface area contributed by atoms with Gasteiger partial charge in [0.1, 0.15) is 17.3 Å². The van der Waals surface area contributed by atoms with Gasteiger partial charge < -0.3 is 0 Å². The highest BCUT2D eigenvalue weighted by Gasteiger charge is 2.64. The van der Waals surface area contributed by atoms with Crippen LogP contribution in [0.15, 0.2) is 66.9 Å². The van der Waals surface area contributed by atoms with Crippen molar-refractivity contribution in [2.24, 2.45) is 33.5 Å². The van der Waals surface area contributed by atoms with E-state index in [0.29, 0.717) is 33.5 Å². The summed E-state index contributed by atoms with van der Waals surface area (Å²) in [7, 11) is 0. The first-order valence-corrected chi connectivity index (χ1v) is 19.9. The van der Waals surface area contributed by atoms with E-state index in [2.05, 4.69) is 131 Å². The quantitative estimate of drug-likeness (QED) is 0.132. The Labute approximate surface area is 294 Å². The van der Waals surface area contributed by atoms with Crippen molar-refractivity contribution in [3.8, 4) is 11.3 Å². The van der Waals surface area contributed by atoms with Crippen LogP contribution in [0.3, 0.4) is 0 Å². The lowest BCUT2D eigenvalue weighted by Crippen LogP contribution is -2.58. The van der Waals surface area contributed by atoms with E-state index < -0.39 is 0 Å². The zero-order chi connectivity index (χ0) is 33.9. The number of pyridine rings is 1. The van der Waals surface area contributed by atoms with Gasteiger partial charge in [-0.3, -0.25) is 0 Å². The Morgan fingerprint density at radius 2 is 1.27 bits per heavy atom. The fourth-order valence-electron chi connectivity index (χ4n) is 13.7. The molecule has 2 aromatic heterocycles. The molecule has 49 heavy (non-hydrogen) atoms. The van der Waals surface area contributed by atoms with Crippen molar-refractivity contribution < 1.29 is 4.57 Å². The largest absolute Gasteiger partial charge is 0.295 e. The topological polar surface area (TPSA) is 8.29 Å². The Morgan fingerprint density at radius 1 is 0.694 bits per heavy atom. The Bertz CT molecular complexity index is 2150. The fraction of sp³-hybridized carbons (Fsp3) is 0.553. The van der Waals surface area contributed by atoms with Gasteiger partial charge in [-0.2, -0.15) is 4.40 Å². The summed E-state index contributed by atoms with van der Waals surface area (Å²) in [5, 5.41) is 4.28. The molecule has 0 radical (unpaired) electrons. The number of imidazole rings is 1. The number of rotatable bonds is 5. The molecule has 0 saturated heterocycles. The smallest absolute Gasteiger partial charge is 0.223 e. The van der Waals surface area contributed by atoms with E-state index in [1.54, 1.807) is 16.7 Å². The maximum atomic E-state index is 2.80. The van der Waals surface area contributed by atoms with Gasteiger partial charge in [-0.1, -0.05) is 110 Å². The number of para-hydroxylation sites is 1. The molecule has 6 unspecified atom stereocenters. The van der Waals surface area contributed by atoms with Crippen molar-refractivity contribution in [1.29, 1.82) is 0 Å². The molecule has 3 aromatic carbocycles. The Morgan fingerprint density at radius 3 is 1.82 bits per heavy atom. The Hall–Kier alpha value is -3.13. The minimum absolute atomic E-state index is 0.0726. The summed E-state index contributed by atoms with van der Waals surface area (Å²) in [4.78, 5) is 0. The van der Waals surface area contributed by atoms with Crippen LogP contribution in [0, 0.1) is 33.5 Å². The van der Waals surface area contributed by atoms with Crippen LogP contribution in [0.4, 0.5) is 0 Å². The van der Waals surface area contributed by atoms with Crippen LogP contribution in [0.25, 0.3) is 38.6 Å². The normalized spacial score (nSPS) is 33.1. The molecule has 0 amide bonds. The maximum absolute atomic E-state index is 2.80. The molecule has 0 spiro atoms. The molecule has 3 heterocycles. The van der Waals surface area contributed by atoms with Crippen LogP contribution in [0.2, 0.25) is 0 Å². The third-order valence-corrected chi connectivity index (χ3v) is 17.8. The summed E-state index contributed by atoms with van der Waals surface area (Å²) in [5.74, 6) is 2.80. The number of benzene rings is 3. The van der Waals surface area contributed by atoms with Crippen molar-refractivity contribution in [1.82, 2.24) is 4.40 Å². The van der Waals surface area contributed by atoms with Gasteiger partial charge in [-0.25, -0.2) is 4.57 Å². The first-order valence-electron chi connectivity index (χ1n) is 19.9. The predicted octanol–water partition coefficient (Wildman–Crippen LogP) is 12.1. The van der Waals surface area contributed by atoms with E-state index >= 15 is 0 Å². The molecule has 10 rings (SSSR count). The minimum atomic E-state index is 0.0726. The molecule has 4 saturated carbocycles. The van der Waals surface area contributed by atoms with Gasteiger partial charge in [-0.05, 0) is 119 Å². The summed E-state index contributed by atoms with van der Waals surface area (Å²) in [6.07, 6.45) is 14.2. The average molecular weight is 650 g/mol. The second-order valence-electron chi connectivity index (χ2n) is 19.1. The first kappa shape index (κ1) is 30.7. The lowest BCUT2D eigenvalue weighted by atomic mass is 9.62. The molecule has 5 aromatic rings. The minimum Gasteiger partial charge on any atom is -0.223 e. The van der Waals surface area contributed by atoms with Crippen LogP contribution in [-0.2, 0) is 12.0 Å². The van der Waals surface area contributed by atoms with Crippen LogP contribution in [-0.4, -0.2) is 4.40 Å². The van der Waals surface area contributed by atoms with Crippen LogP contribution < -0.4 is 4.57 Å². The molecule has 6 atom stereocenters. The summed E-state index contributed by atoms with van der Waals surface area (Å²) >= 11 is 0. The number of aromatic nitrogens is 2. The van der Waals surface area contributed by atoms with Gasteiger partial charge in [0.05, 0.1) is 5.39 Å². The number of hydrogen-bond donors (Lipinski definition) is 0. The molecular weight excluding hydrogens is 593 g/mol. The molecule has 4 fully saturated rings. The van der Waals surface area contributed by atoms with E-state index in [0.717, 1.165) is 31.1 Å². The third-order valence-electron chi connectivity index (χ3n) is 17.8. The number of hydrogen-bond acceptors (Lipinski definition) is 0. The molecule has 254 valence electrons. The first-order chi connectivity index (χ1) is 23.4. The Kier molecular flexibility index (Phi) is 6.01. The summed E-state index contributed by atoms with van der Waals surface area (Å²) < 4.78 is 5.56. The summed E-state index contributed by atoms with van der Waals surface area (Å²) in [6.45, 7) is 20.6. The molecule has 5 aliphatic rings. The molecule has 4 bridgehead atoms. The molecule has 0 N–H and O–H groups in total. The molecule has 1 aliphatic heterocycles. The fourth-order valence-corrected chi connectivity index (χ4v) is 13.7. The van der Waals surface area contributed by atoms with Gasteiger partial charge in [-0.15, -0.1) is 0 Å². The van der Waals surface area contributed by atoms with Gasteiger partial charge in [0.25, 0.3) is 5.65 Å². The van der Waals surface area contributed by atoms with E-state index in [1.165, 1.54) is 77.1 Å². The SMILES string of the molecule is CCC1(CC)Cc2cccc3c4ccccc4n4c(-c5c(C6CC7CCC6(C)C7(C)C)cccc5C5CC6CCC5(C)C6(C)C)c[n+]1c4c23. The standard InChI is InChI=1S/C47H57N2/c1-9-47(10-2)27-29-15-13-17-33-32-16-11-12-20-38(32)49-39(28-48(47)42(49)40(29)33)41-34(36-25-30-21-23-45(36,7)43(30,3)4)18-14-19-35(41)37-26-31-22-24-46(37,8)44(31,5)6/h11-20,28,30-31,36-37H,9-10,21-27H2,1-8H3/q+1. The van der Waals surface area contributed by atoms with Crippen molar-refractivity contribution in [2.45, 2.75) is 131 Å². The molecule has 4 aliphatic carbocycles. The van der Waals surface area contributed by atoms with Crippen LogP contribution in [0.1, 0.15) is 135 Å². The highest BCUT2D eigenvalue weighted by Crippen LogP contribution is 2.74. The van der Waals surface area contributed by atoms with Crippen molar-refractivity contribution in [3.05, 3.63) is 83.6 Å². The zero-order valence-electron chi connectivity index (χ0n) is 31.4. The summed E-state index contributed by atoms with van der Waals surface area (Å²) in [5.41, 5.74) is 12.1. The molecular formula is C47H57N2+. The van der Waals surface area contributed by atoms with Crippen LogP contribution >= 0.6 is 0 Å². The molecule has 2 heteroatoms. The van der Waals surface area contributed by atoms with Crippen molar-refractivity contribution in [3.63, 3.8) is 0 Å². The van der Waals surface area contributed by atoms with Crippen LogP contribution in [0.5, 0.6) is 0 Å². The molecule has 2 nitrogen and oxygen atoms in total. The predicted molar refractivity (Wildman–Crippen MR) is 204 cm³/mol. The Balaban J connectivity index is 1.36. The van der Waals surface area contributed by atoms with E-state index in [9.17, 15) is 0 Å². The summed E-state index contributed by atoms with van der Waals surface area (Å²) in [6, 6.07) is 24.1. The van der Waals surface area contributed by atoms with Gasteiger partial charge in [0.2, 0.25) is 0 Å². The average Bonchev–Trinajstić information content (AvgIpc) is 3.79. The third kappa shape index (κ3) is 3.44. The van der Waals surface area contributed by atoms with Gasteiger partial charge in [0.15, 0.2) is 5.69 Å². The second-order valence-corrected chi connectivity index (χ2v) is 19.1. The highest BCUT2D eigenvalue weighted by molar-refractivity contribution is 6.13. The maximum Gasteiger partial charge on any atom is 0.295 e. The van der Waals surface area contributed by atoms with E-state index in [-0.39, 0.29) is 5.54 Å². The monoisotopic (exact) mass is 649 g/mol. The lowest BCUT2D eigenvalue weighted by Gasteiger charge is -2.42.